The molecule has 3 aromatic rings. The SMILES string of the molecule is Cc1ccc2nc(NC(CO)c3ccccc3)nn2c1. The van der Waals surface area contributed by atoms with Crippen LogP contribution in [0.15, 0.2) is 48.7 Å². The van der Waals surface area contributed by atoms with Crippen LogP contribution in [-0.4, -0.2) is 26.3 Å². The number of fused-ring (bicyclic) bond motifs is 1. The van der Waals surface area contributed by atoms with E-state index in [0.29, 0.717) is 5.95 Å². The number of hydrogen-bond acceptors (Lipinski definition) is 4. The van der Waals surface area contributed by atoms with Crippen molar-refractivity contribution in [2.75, 3.05) is 11.9 Å². The second kappa shape index (κ2) is 5.30. The maximum absolute atomic E-state index is 9.53. The lowest BCUT2D eigenvalue weighted by molar-refractivity contribution is 0.276. The van der Waals surface area contributed by atoms with Gasteiger partial charge in [-0.15, -0.1) is 5.10 Å². The summed E-state index contributed by atoms with van der Waals surface area (Å²) < 4.78 is 1.73. The van der Waals surface area contributed by atoms with E-state index in [2.05, 4.69) is 15.4 Å². The van der Waals surface area contributed by atoms with Crippen LogP contribution in [0, 0.1) is 6.92 Å². The molecule has 3 rings (SSSR count). The van der Waals surface area contributed by atoms with Gasteiger partial charge >= 0.3 is 0 Å². The Kier molecular flexibility index (Phi) is 3.35. The van der Waals surface area contributed by atoms with Crippen molar-refractivity contribution in [3.8, 4) is 0 Å². The second-order valence-electron chi connectivity index (χ2n) is 4.73. The zero-order chi connectivity index (χ0) is 13.9. The van der Waals surface area contributed by atoms with E-state index in [-0.39, 0.29) is 12.6 Å². The van der Waals surface area contributed by atoms with Crippen molar-refractivity contribution in [2.45, 2.75) is 13.0 Å². The van der Waals surface area contributed by atoms with Crippen LogP contribution in [0.4, 0.5) is 5.95 Å². The van der Waals surface area contributed by atoms with Gasteiger partial charge in [-0.2, -0.15) is 4.98 Å². The predicted octanol–water partition coefficient (Wildman–Crippen LogP) is 2.18. The van der Waals surface area contributed by atoms with Gasteiger partial charge in [0.2, 0.25) is 5.95 Å². The van der Waals surface area contributed by atoms with Crippen LogP contribution >= 0.6 is 0 Å². The lowest BCUT2D eigenvalue weighted by atomic mass is 10.1. The van der Waals surface area contributed by atoms with Crippen molar-refractivity contribution in [3.05, 3.63) is 59.8 Å². The van der Waals surface area contributed by atoms with Crippen molar-refractivity contribution >= 4 is 11.6 Å². The molecule has 102 valence electrons. The Labute approximate surface area is 116 Å². The fourth-order valence-corrected chi connectivity index (χ4v) is 2.12. The molecule has 0 aliphatic heterocycles. The number of aromatic nitrogens is 3. The third-order valence-corrected chi connectivity index (χ3v) is 3.17. The monoisotopic (exact) mass is 268 g/mol. The van der Waals surface area contributed by atoms with Gasteiger partial charge in [-0.25, -0.2) is 4.52 Å². The average Bonchev–Trinajstić information content (AvgIpc) is 2.87. The highest BCUT2D eigenvalue weighted by Crippen LogP contribution is 2.17. The highest BCUT2D eigenvalue weighted by Gasteiger charge is 2.12. The van der Waals surface area contributed by atoms with Crippen LogP contribution in [0.3, 0.4) is 0 Å². The summed E-state index contributed by atoms with van der Waals surface area (Å²) >= 11 is 0. The molecule has 1 atom stereocenters. The van der Waals surface area contributed by atoms with Crippen LogP contribution < -0.4 is 5.32 Å². The van der Waals surface area contributed by atoms with Crippen LogP contribution in [-0.2, 0) is 0 Å². The summed E-state index contributed by atoms with van der Waals surface area (Å²) in [4.78, 5) is 4.40. The first-order valence-corrected chi connectivity index (χ1v) is 6.51. The van der Waals surface area contributed by atoms with Gasteiger partial charge in [0.05, 0.1) is 12.6 Å². The van der Waals surface area contributed by atoms with Crippen LogP contribution in [0.1, 0.15) is 17.2 Å². The number of anilines is 1. The van der Waals surface area contributed by atoms with E-state index in [1.54, 1.807) is 4.52 Å². The average molecular weight is 268 g/mol. The van der Waals surface area contributed by atoms with Crippen molar-refractivity contribution in [1.29, 1.82) is 0 Å². The lowest BCUT2D eigenvalue weighted by Gasteiger charge is -2.14. The molecule has 0 fully saturated rings. The molecule has 0 amide bonds. The summed E-state index contributed by atoms with van der Waals surface area (Å²) in [5, 5.41) is 17.1. The van der Waals surface area contributed by atoms with Gasteiger partial charge in [-0.05, 0) is 24.1 Å². The molecule has 2 heterocycles. The fraction of sp³-hybridized carbons (Fsp3) is 0.200. The smallest absolute Gasteiger partial charge is 0.243 e. The number of hydrogen-bond donors (Lipinski definition) is 2. The van der Waals surface area contributed by atoms with Crippen LogP contribution in [0.5, 0.6) is 0 Å². The molecule has 5 nitrogen and oxygen atoms in total. The molecule has 2 N–H and O–H groups in total. The topological polar surface area (TPSA) is 62.5 Å². The van der Waals surface area contributed by atoms with Gasteiger partial charge in [0.25, 0.3) is 0 Å². The summed E-state index contributed by atoms with van der Waals surface area (Å²) in [5.74, 6) is 0.513. The lowest BCUT2D eigenvalue weighted by Crippen LogP contribution is -2.15. The number of rotatable bonds is 4. The summed E-state index contributed by atoms with van der Waals surface area (Å²) in [6.45, 7) is 1.99. The molecule has 5 heteroatoms. The van der Waals surface area contributed by atoms with E-state index in [0.717, 1.165) is 16.8 Å². The number of aliphatic hydroxyl groups excluding tert-OH is 1. The van der Waals surface area contributed by atoms with Crippen LogP contribution in [0.2, 0.25) is 0 Å². The molecular formula is C15H16N4O. The molecule has 20 heavy (non-hydrogen) atoms. The standard InChI is InChI=1S/C15H16N4O/c1-11-7-8-14-17-15(18-19(14)9-11)16-13(10-20)12-5-3-2-4-6-12/h2-9,13,20H,10H2,1H3,(H,16,18). The Hall–Kier alpha value is -2.40. The molecule has 0 aliphatic rings. The number of pyridine rings is 1. The molecule has 1 aromatic carbocycles. The van der Waals surface area contributed by atoms with Gasteiger partial charge in [0, 0.05) is 6.20 Å². The molecule has 0 aliphatic carbocycles. The van der Waals surface area contributed by atoms with Crippen molar-refractivity contribution < 1.29 is 5.11 Å². The minimum Gasteiger partial charge on any atom is -0.394 e. The van der Waals surface area contributed by atoms with E-state index in [4.69, 9.17) is 0 Å². The summed E-state index contributed by atoms with van der Waals surface area (Å²) in [5.41, 5.74) is 2.91. The third kappa shape index (κ3) is 2.48. The number of nitrogens with zero attached hydrogens (tertiary/aromatic N) is 3. The largest absolute Gasteiger partial charge is 0.394 e. The van der Waals surface area contributed by atoms with Gasteiger partial charge in [0.15, 0.2) is 5.65 Å². The highest BCUT2D eigenvalue weighted by atomic mass is 16.3. The molecule has 0 bridgehead atoms. The Bertz CT molecular complexity index is 708. The minimum atomic E-state index is -0.213. The number of aliphatic hydroxyl groups is 1. The maximum Gasteiger partial charge on any atom is 0.243 e. The van der Waals surface area contributed by atoms with Gasteiger partial charge < -0.3 is 10.4 Å². The molecule has 0 saturated heterocycles. The first-order valence-electron chi connectivity index (χ1n) is 6.51. The maximum atomic E-state index is 9.53. The predicted molar refractivity (Wildman–Crippen MR) is 77.6 cm³/mol. The number of aryl methyl sites for hydroxylation is 1. The third-order valence-electron chi connectivity index (χ3n) is 3.17. The van der Waals surface area contributed by atoms with Crippen molar-refractivity contribution in [3.63, 3.8) is 0 Å². The minimum absolute atomic E-state index is 0.0153. The van der Waals surface area contributed by atoms with Crippen LogP contribution in [0.25, 0.3) is 5.65 Å². The molecule has 0 radical (unpaired) electrons. The Morgan fingerprint density at radius 2 is 2.00 bits per heavy atom. The number of nitrogens with one attached hydrogen (secondary N) is 1. The fourth-order valence-electron chi connectivity index (χ4n) is 2.12. The Morgan fingerprint density at radius 1 is 1.20 bits per heavy atom. The van der Waals surface area contributed by atoms with Gasteiger partial charge in [-0.1, -0.05) is 36.4 Å². The van der Waals surface area contributed by atoms with Gasteiger partial charge in [-0.3, -0.25) is 0 Å². The Morgan fingerprint density at radius 3 is 2.75 bits per heavy atom. The van der Waals surface area contributed by atoms with Gasteiger partial charge in [0.1, 0.15) is 0 Å². The van der Waals surface area contributed by atoms with E-state index in [1.165, 1.54) is 0 Å². The first kappa shape index (κ1) is 12.6. The second-order valence-corrected chi connectivity index (χ2v) is 4.73. The van der Waals surface area contributed by atoms with E-state index in [1.807, 2.05) is 55.6 Å². The van der Waals surface area contributed by atoms with E-state index >= 15 is 0 Å². The normalized spacial score (nSPS) is 12.5. The molecule has 0 saturated carbocycles. The molecule has 1 unspecified atom stereocenters. The number of benzene rings is 1. The molecule has 2 aromatic heterocycles. The zero-order valence-corrected chi connectivity index (χ0v) is 11.2. The van der Waals surface area contributed by atoms with E-state index in [9.17, 15) is 5.11 Å². The first-order chi connectivity index (χ1) is 9.76. The zero-order valence-electron chi connectivity index (χ0n) is 11.2. The molecule has 0 spiro atoms. The quantitative estimate of drug-likeness (QED) is 0.761. The summed E-state index contributed by atoms with van der Waals surface area (Å²) in [7, 11) is 0. The van der Waals surface area contributed by atoms with Crippen molar-refractivity contribution in [1.82, 2.24) is 14.6 Å². The van der Waals surface area contributed by atoms with E-state index < -0.39 is 0 Å². The summed E-state index contributed by atoms with van der Waals surface area (Å²) in [6.07, 6.45) is 1.92. The Balaban J connectivity index is 1.87. The molecular weight excluding hydrogens is 252 g/mol. The highest BCUT2D eigenvalue weighted by molar-refractivity contribution is 5.45. The van der Waals surface area contributed by atoms with Crippen molar-refractivity contribution in [2.24, 2.45) is 0 Å². The summed E-state index contributed by atoms with van der Waals surface area (Å²) in [6, 6.07) is 13.5.